The van der Waals surface area contributed by atoms with E-state index in [1.165, 1.54) is 11.5 Å². The molecule has 0 aromatic carbocycles. The molecule has 0 aliphatic rings. The van der Waals surface area contributed by atoms with Gasteiger partial charge in [0.05, 0.1) is 12.2 Å². The lowest BCUT2D eigenvalue weighted by molar-refractivity contribution is 0.673. The van der Waals surface area contributed by atoms with Crippen LogP contribution in [0.15, 0.2) is 11.6 Å². The van der Waals surface area contributed by atoms with E-state index in [4.69, 9.17) is 17.3 Å². The van der Waals surface area contributed by atoms with Crippen molar-refractivity contribution < 1.29 is 0 Å². The van der Waals surface area contributed by atoms with Gasteiger partial charge in [-0.3, -0.25) is 4.68 Å². The lowest BCUT2D eigenvalue weighted by Gasteiger charge is -1.94. The fourth-order valence-electron chi connectivity index (χ4n) is 0.912. The Balaban J connectivity index is 2.19. The van der Waals surface area contributed by atoms with Gasteiger partial charge in [-0.05, 0) is 11.5 Å². The molecule has 2 N–H and O–H groups in total. The van der Waals surface area contributed by atoms with Crippen molar-refractivity contribution in [3.05, 3.63) is 22.3 Å². The summed E-state index contributed by atoms with van der Waals surface area (Å²) in [5, 5.41) is 10.2. The fraction of sp³-hybridized carbons (Fsp3) is 0.167. The van der Waals surface area contributed by atoms with Crippen molar-refractivity contribution in [3.8, 4) is 0 Å². The van der Waals surface area contributed by atoms with E-state index in [1.54, 1.807) is 10.9 Å². The van der Waals surface area contributed by atoms with E-state index >= 15 is 0 Å². The lowest BCUT2D eigenvalue weighted by Crippen LogP contribution is -2.01. The van der Waals surface area contributed by atoms with Gasteiger partial charge >= 0.3 is 0 Å². The van der Waals surface area contributed by atoms with Gasteiger partial charge in [-0.15, -0.1) is 5.10 Å². The summed E-state index contributed by atoms with van der Waals surface area (Å²) >= 11 is 7.03. The molecule has 2 rings (SSSR count). The Morgan fingerprint density at radius 3 is 3.00 bits per heavy atom. The highest BCUT2D eigenvalue weighted by molar-refractivity contribution is 7.03. The number of nitrogen functional groups attached to an aromatic ring is 1. The third-order valence-electron chi connectivity index (χ3n) is 1.47. The van der Waals surface area contributed by atoms with E-state index < -0.39 is 0 Å². The van der Waals surface area contributed by atoms with Gasteiger partial charge in [-0.2, -0.15) is 5.10 Å². The van der Waals surface area contributed by atoms with E-state index in [2.05, 4.69) is 14.7 Å². The molecule has 2 aromatic heterocycles. The molecule has 0 amide bonds. The van der Waals surface area contributed by atoms with Gasteiger partial charge in [-0.25, -0.2) is 0 Å². The SMILES string of the molecule is Nc1nn(Cc2csnn2)cc1Cl. The first-order valence-electron chi connectivity index (χ1n) is 3.50. The molecule has 0 bridgehead atoms. The standard InChI is InChI=1S/C6H6ClN5S/c7-5-2-12(10-6(5)8)1-4-3-13-11-9-4/h2-3H,1H2,(H2,8,10). The second kappa shape index (κ2) is 3.31. The predicted octanol–water partition coefficient (Wildman–Crippen LogP) is 1.02. The molecule has 0 aliphatic carbocycles. The summed E-state index contributed by atoms with van der Waals surface area (Å²) in [6, 6.07) is 0. The van der Waals surface area contributed by atoms with Crippen LogP contribution in [0.5, 0.6) is 0 Å². The number of hydrogen-bond donors (Lipinski definition) is 1. The molecule has 0 fully saturated rings. The molecule has 68 valence electrons. The molecule has 0 saturated carbocycles. The molecule has 2 heterocycles. The molecule has 0 saturated heterocycles. The Hall–Kier alpha value is -1.14. The van der Waals surface area contributed by atoms with Crippen LogP contribution in [-0.4, -0.2) is 19.4 Å². The fourth-order valence-corrected chi connectivity index (χ4v) is 1.50. The topological polar surface area (TPSA) is 69.6 Å². The van der Waals surface area contributed by atoms with E-state index in [-0.39, 0.29) is 0 Å². The molecule has 0 unspecified atom stereocenters. The van der Waals surface area contributed by atoms with Crippen molar-refractivity contribution in [2.45, 2.75) is 6.54 Å². The van der Waals surface area contributed by atoms with Crippen molar-refractivity contribution in [2.24, 2.45) is 0 Å². The zero-order chi connectivity index (χ0) is 9.26. The highest BCUT2D eigenvalue weighted by Crippen LogP contribution is 2.15. The molecular weight excluding hydrogens is 210 g/mol. The Bertz CT molecular complexity index is 376. The van der Waals surface area contributed by atoms with Crippen LogP contribution < -0.4 is 5.73 Å². The van der Waals surface area contributed by atoms with Crippen molar-refractivity contribution in [2.75, 3.05) is 5.73 Å². The van der Waals surface area contributed by atoms with E-state index in [1.807, 2.05) is 5.38 Å². The van der Waals surface area contributed by atoms with Gasteiger partial charge in [-0.1, -0.05) is 16.1 Å². The minimum absolute atomic E-state index is 0.338. The van der Waals surface area contributed by atoms with Crippen LogP contribution >= 0.6 is 23.1 Å². The molecule has 0 aliphatic heterocycles. The number of aromatic nitrogens is 4. The number of rotatable bonds is 2. The minimum atomic E-state index is 0.338. The summed E-state index contributed by atoms with van der Waals surface area (Å²) in [7, 11) is 0. The average molecular weight is 216 g/mol. The van der Waals surface area contributed by atoms with Gasteiger partial charge in [0.1, 0.15) is 5.02 Å². The molecule has 5 nitrogen and oxygen atoms in total. The summed E-state index contributed by atoms with van der Waals surface area (Å²) in [4.78, 5) is 0. The van der Waals surface area contributed by atoms with Gasteiger partial charge < -0.3 is 5.73 Å². The van der Waals surface area contributed by atoms with Crippen LogP contribution in [0, 0.1) is 0 Å². The molecule has 0 radical (unpaired) electrons. The summed E-state index contributed by atoms with van der Waals surface area (Å²) in [5.41, 5.74) is 6.32. The Labute approximate surface area is 83.3 Å². The molecule has 7 heteroatoms. The van der Waals surface area contributed by atoms with Gasteiger partial charge in [0.15, 0.2) is 5.82 Å². The summed E-state index contributed by atoms with van der Waals surface area (Å²) in [6.07, 6.45) is 1.66. The average Bonchev–Trinajstić information content (AvgIpc) is 2.64. The van der Waals surface area contributed by atoms with Gasteiger partial charge in [0.25, 0.3) is 0 Å². The maximum atomic E-state index is 5.73. The second-order valence-corrected chi connectivity index (χ2v) is 3.47. The minimum Gasteiger partial charge on any atom is -0.381 e. The first-order chi connectivity index (χ1) is 6.25. The van der Waals surface area contributed by atoms with Crippen LogP contribution in [0.25, 0.3) is 0 Å². The molecule has 0 spiro atoms. The van der Waals surface area contributed by atoms with Crippen LogP contribution in [0.1, 0.15) is 5.69 Å². The summed E-state index contributed by atoms with van der Waals surface area (Å²) < 4.78 is 5.37. The third kappa shape index (κ3) is 1.78. The van der Waals surface area contributed by atoms with Crippen molar-refractivity contribution in [1.29, 1.82) is 0 Å². The van der Waals surface area contributed by atoms with Crippen molar-refractivity contribution in [3.63, 3.8) is 0 Å². The van der Waals surface area contributed by atoms with Crippen LogP contribution in [0.4, 0.5) is 5.82 Å². The van der Waals surface area contributed by atoms with E-state index in [9.17, 15) is 0 Å². The number of nitrogens with zero attached hydrogens (tertiary/aromatic N) is 4. The monoisotopic (exact) mass is 215 g/mol. The largest absolute Gasteiger partial charge is 0.381 e. The van der Waals surface area contributed by atoms with E-state index in [0.717, 1.165) is 5.69 Å². The lowest BCUT2D eigenvalue weighted by atomic mass is 10.5. The summed E-state index contributed by atoms with van der Waals surface area (Å²) in [6.45, 7) is 0.549. The quantitative estimate of drug-likeness (QED) is 0.812. The van der Waals surface area contributed by atoms with Crippen LogP contribution in [0.2, 0.25) is 5.02 Å². The first-order valence-corrected chi connectivity index (χ1v) is 4.71. The van der Waals surface area contributed by atoms with Crippen molar-refractivity contribution in [1.82, 2.24) is 19.4 Å². The van der Waals surface area contributed by atoms with E-state index in [0.29, 0.717) is 17.4 Å². The van der Waals surface area contributed by atoms with Crippen LogP contribution in [-0.2, 0) is 6.54 Å². The summed E-state index contributed by atoms with van der Waals surface area (Å²) in [5.74, 6) is 0.338. The Morgan fingerprint density at radius 2 is 2.46 bits per heavy atom. The van der Waals surface area contributed by atoms with Crippen LogP contribution in [0.3, 0.4) is 0 Å². The number of anilines is 1. The maximum Gasteiger partial charge on any atom is 0.164 e. The number of halogens is 1. The zero-order valence-corrected chi connectivity index (χ0v) is 8.09. The Morgan fingerprint density at radius 1 is 1.62 bits per heavy atom. The normalized spacial score (nSPS) is 10.5. The second-order valence-electron chi connectivity index (χ2n) is 2.46. The van der Waals surface area contributed by atoms with Gasteiger partial charge in [0, 0.05) is 11.6 Å². The highest BCUT2D eigenvalue weighted by atomic mass is 35.5. The smallest absolute Gasteiger partial charge is 0.164 e. The zero-order valence-electron chi connectivity index (χ0n) is 6.51. The molecule has 0 atom stereocenters. The maximum absolute atomic E-state index is 5.73. The number of nitrogens with two attached hydrogens (primary N) is 1. The Kier molecular flexibility index (Phi) is 2.15. The third-order valence-corrected chi connectivity index (χ3v) is 2.32. The van der Waals surface area contributed by atoms with Gasteiger partial charge in [0.2, 0.25) is 0 Å². The molecule has 2 aromatic rings. The highest BCUT2D eigenvalue weighted by Gasteiger charge is 2.04. The first kappa shape index (κ1) is 8.46. The van der Waals surface area contributed by atoms with Crippen molar-refractivity contribution >= 4 is 29.0 Å². The molecular formula is C6H6ClN5S. The molecule has 13 heavy (non-hydrogen) atoms. The predicted molar refractivity (Wildman–Crippen MR) is 50.7 cm³/mol. The number of hydrogen-bond acceptors (Lipinski definition) is 5.